The SMILES string of the molecule is CCCCC/C=C\CCCCCCCC(=O)OCC(COC(=O)CCCCCCCCCCCCCCCCCCCCCCCCCCCCCCCCC)OC(=O)CCCCCCCCCCCCCCCCCCCCCCCC. The molecule has 0 aromatic rings. The summed E-state index contributed by atoms with van der Waals surface area (Å²) in [7, 11) is 0. The van der Waals surface area contributed by atoms with Crippen LogP contribution < -0.4 is 0 Å². The van der Waals surface area contributed by atoms with Gasteiger partial charge in [0.25, 0.3) is 0 Å². The fraction of sp³-hybridized carbons (Fsp3) is 0.935. The molecule has 0 amide bonds. The molecule has 83 heavy (non-hydrogen) atoms. The third-order valence-corrected chi connectivity index (χ3v) is 17.8. The van der Waals surface area contributed by atoms with E-state index in [9.17, 15) is 14.4 Å². The van der Waals surface area contributed by atoms with Crippen molar-refractivity contribution in [1.82, 2.24) is 0 Å². The Morgan fingerprint density at radius 1 is 0.229 bits per heavy atom. The van der Waals surface area contributed by atoms with E-state index in [1.807, 2.05) is 0 Å². The Kier molecular flexibility index (Phi) is 71.0. The number of carbonyl (C=O) groups is 3. The van der Waals surface area contributed by atoms with E-state index in [4.69, 9.17) is 14.2 Å². The molecule has 0 aliphatic carbocycles. The van der Waals surface area contributed by atoms with Gasteiger partial charge in [0, 0.05) is 19.3 Å². The van der Waals surface area contributed by atoms with Gasteiger partial charge in [-0.25, -0.2) is 0 Å². The second-order valence-electron chi connectivity index (χ2n) is 26.3. The number of hydrogen-bond acceptors (Lipinski definition) is 6. The predicted molar refractivity (Wildman–Crippen MR) is 363 cm³/mol. The summed E-state index contributed by atoms with van der Waals surface area (Å²) in [5, 5.41) is 0. The van der Waals surface area contributed by atoms with Crippen LogP contribution in [0.1, 0.15) is 445 Å². The van der Waals surface area contributed by atoms with Gasteiger partial charge < -0.3 is 14.2 Å². The number of esters is 3. The highest BCUT2D eigenvalue weighted by Gasteiger charge is 2.20. The maximum atomic E-state index is 13.0. The van der Waals surface area contributed by atoms with Crippen LogP contribution in [0.4, 0.5) is 0 Å². The molecular formula is C77H148O6. The lowest BCUT2D eigenvalue weighted by molar-refractivity contribution is -0.167. The summed E-state index contributed by atoms with van der Waals surface area (Å²) in [4.78, 5) is 38.4. The van der Waals surface area contributed by atoms with Gasteiger partial charge in [0.15, 0.2) is 6.10 Å². The van der Waals surface area contributed by atoms with Crippen LogP contribution in [-0.2, 0) is 28.6 Å². The van der Waals surface area contributed by atoms with Crippen molar-refractivity contribution in [3.63, 3.8) is 0 Å². The van der Waals surface area contributed by atoms with Crippen molar-refractivity contribution < 1.29 is 28.6 Å². The van der Waals surface area contributed by atoms with Crippen molar-refractivity contribution in [3.05, 3.63) is 12.2 Å². The molecule has 6 heteroatoms. The average Bonchev–Trinajstić information content (AvgIpc) is 3.49. The molecule has 0 aliphatic heterocycles. The van der Waals surface area contributed by atoms with Crippen LogP contribution in [0.25, 0.3) is 0 Å². The number of allylic oxidation sites excluding steroid dienone is 2. The van der Waals surface area contributed by atoms with Gasteiger partial charge in [0.2, 0.25) is 0 Å². The summed E-state index contributed by atoms with van der Waals surface area (Å²) in [5.74, 6) is -0.838. The number of ether oxygens (including phenoxy) is 3. The number of carbonyl (C=O) groups excluding carboxylic acids is 3. The van der Waals surface area contributed by atoms with Crippen LogP contribution in [0.5, 0.6) is 0 Å². The first-order valence-corrected chi connectivity index (χ1v) is 38.2. The summed E-state index contributed by atoms with van der Waals surface area (Å²) in [6.07, 6.45) is 88.5. The molecule has 0 aliphatic rings. The summed E-state index contributed by atoms with van der Waals surface area (Å²) < 4.78 is 17.0. The Bertz CT molecular complexity index is 1300. The molecule has 0 aromatic carbocycles. The molecule has 0 N–H and O–H groups in total. The normalized spacial score (nSPS) is 12.0. The number of rotatable bonds is 72. The maximum Gasteiger partial charge on any atom is 0.306 e. The van der Waals surface area contributed by atoms with Gasteiger partial charge >= 0.3 is 17.9 Å². The molecule has 1 atom stereocenters. The minimum Gasteiger partial charge on any atom is -0.462 e. The van der Waals surface area contributed by atoms with Crippen molar-refractivity contribution in [2.75, 3.05) is 13.2 Å². The van der Waals surface area contributed by atoms with E-state index in [0.29, 0.717) is 19.3 Å². The van der Waals surface area contributed by atoms with Crippen LogP contribution in [0, 0.1) is 0 Å². The first-order valence-electron chi connectivity index (χ1n) is 38.2. The minimum atomic E-state index is -0.770. The summed E-state index contributed by atoms with van der Waals surface area (Å²) >= 11 is 0. The fourth-order valence-electron chi connectivity index (χ4n) is 12.0. The predicted octanol–water partition coefficient (Wildman–Crippen LogP) is 26.3. The molecule has 0 bridgehead atoms. The lowest BCUT2D eigenvalue weighted by Gasteiger charge is -2.18. The standard InChI is InChI=1S/C77H148O6/c1-4-7-10-13-16-19-22-25-27-29-31-33-35-36-37-38-39-40-41-42-43-45-46-48-50-52-55-58-61-64-67-70-76(79)82-73-74(72-81-75(78)69-66-63-60-57-54-24-21-18-15-12-9-6-3)83-77(80)71-68-65-62-59-56-53-51-49-47-44-34-32-30-28-26-23-20-17-14-11-8-5-2/h18,21,74H,4-17,19-20,22-73H2,1-3H3/b21-18-. The molecule has 1 unspecified atom stereocenters. The van der Waals surface area contributed by atoms with Gasteiger partial charge in [-0.05, 0) is 44.9 Å². The third kappa shape index (κ3) is 70.8. The molecule has 0 saturated carbocycles. The Balaban J connectivity index is 4.10. The van der Waals surface area contributed by atoms with E-state index < -0.39 is 6.10 Å². The summed E-state index contributed by atoms with van der Waals surface area (Å²) in [6.45, 7) is 6.71. The fourth-order valence-corrected chi connectivity index (χ4v) is 12.0. The third-order valence-electron chi connectivity index (χ3n) is 17.8. The molecule has 0 rings (SSSR count). The Morgan fingerprint density at radius 2 is 0.398 bits per heavy atom. The second kappa shape index (κ2) is 72.6. The van der Waals surface area contributed by atoms with Gasteiger partial charge in [-0.2, -0.15) is 0 Å². The molecule has 6 nitrogen and oxygen atoms in total. The average molecular weight is 1170 g/mol. The van der Waals surface area contributed by atoms with Gasteiger partial charge in [0.05, 0.1) is 0 Å². The summed E-state index contributed by atoms with van der Waals surface area (Å²) in [5.41, 5.74) is 0. The van der Waals surface area contributed by atoms with Crippen LogP contribution >= 0.6 is 0 Å². The monoisotopic (exact) mass is 1170 g/mol. The largest absolute Gasteiger partial charge is 0.462 e. The molecular weight excluding hydrogens is 1020 g/mol. The molecule has 0 saturated heterocycles. The van der Waals surface area contributed by atoms with E-state index in [1.54, 1.807) is 0 Å². The highest BCUT2D eigenvalue weighted by Crippen LogP contribution is 2.20. The van der Waals surface area contributed by atoms with Crippen LogP contribution in [0.3, 0.4) is 0 Å². The highest BCUT2D eigenvalue weighted by atomic mass is 16.6. The lowest BCUT2D eigenvalue weighted by atomic mass is 10.0. The van der Waals surface area contributed by atoms with E-state index in [-0.39, 0.29) is 31.1 Å². The number of hydrogen-bond donors (Lipinski definition) is 0. The molecule has 0 heterocycles. The molecule has 0 radical (unpaired) electrons. The molecule has 0 aromatic heterocycles. The minimum absolute atomic E-state index is 0.0656. The maximum absolute atomic E-state index is 13.0. The van der Waals surface area contributed by atoms with Crippen molar-refractivity contribution in [3.8, 4) is 0 Å². The Labute approximate surface area is 520 Å². The van der Waals surface area contributed by atoms with Gasteiger partial charge in [-0.15, -0.1) is 0 Å². The molecule has 0 fully saturated rings. The molecule has 492 valence electrons. The van der Waals surface area contributed by atoms with Crippen molar-refractivity contribution in [2.24, 2.45) is 0 Å². The van der Waals surface area contributed by atoms with Crippen molar-refractivity contribution in [1.29, 1.82) is 0 Å². The Morgan fingerprint density at radius 3 is 0.627 bits per heavy atom. The first kappa shape index (κ1) is 81.2. The lowest BCUT2D eigenvalue weighted by Crippen LogP contribution is -2.30. The van der Waals surface area contributed by atoms with Gasteiger partial charge in [-0.3, -0.25) is 14.4 Å². The van der Waals surface area contributed by atoms with E-state index >= 15 is 0 Å². The zero-order chi connectivity index (χ0) is 59.9. The van der Waals surface area contributed by atoms with Gasteiger partial charge in [0.1, 0.15) is 13.2 Å². The molecule has 0 spiro atoms. The second-order valence-corrected chi connectivity index (χ2v) is 26.3. The number of unbranched alkanes of at least 4 members (excludes halogenated alkanes) is 59. The van der Waals surface area contributed by atoms with E-state index in [1.165, 1.54) is 340 Å². The zero-order valence-electron chi connectivity index (χ0n) is 56.8. The quantitative estimate of drug-likeness (QED) is 0.0261. The topological polar surface area (TPSA) is 78.9 Å². The van der Waals surface area contributed by atoms with E-state index in [0.717, 1.165) is 64.2 Å². The summed E-state index contributed by atoms with van der Waals surface area (Å²) in [6, 6.07) is 0. The Hall–Kier alpha value is -1.85. The van der Waals surface area contributed by atoms with Gasteiger partial charge in [-0.1, -0.05) is 392 Å². The first-order chi connectivity index (χ1) is 41.0. The zero-order valence-corrected chi connectivity index (χ0v) is 56.8. The van der Waals surface area contributed by atoms with Crippen LogP contribution in [0.2, 0.25) is 0 Å². The van der Waals surface area contributed by atoms with Crippen LogP contribution in [-0.4, -0.2) is 37.2 Å². The smallest absolute Gasteiger partial charge is 0.306 e. The van der Waals surface area contributed by atoms with Crippen molar-refractivity contribution >= 4 is 17.9 Å². The van der Waals surface area contributed by atoms with Crippen LogP contribution in [0.15, 0.2) is 12.2 Å². The highest BCUT2D eigenvalue weighted by molar-refractivity contribution is 5.71. The van der Waals surface area contributed by atoms with Crippen molar-refractivity contribution in [2.45, 2.75) is 451 Å². The van der Waals surface area contributed by atoms with E-state index in [2.05, 4.69) is 32.9 Å².